The van der Waals surface area contributed by atoms with Gasteiger partial charge in [-0.05, 0) is 41.5 Å². The smallest absolute Gasteiger partial charge is 0.318 e. The van der Waals surface area contributed by atoms with Gasteiger partial charge < -0.3 is 21.1 Å². The zero-order valence-corrected chi connectivity index (χ0v) is 12.5. The predicted molar refractivity (Wildman–Crippen MR) is 70.3 cm³/mol. The number of urea groups is 1. The van der Waals surface area contributed by atoms with E-state index in [1.165, 1.54) is 0 Å². The molecule has 0 aromatic rings. The number of carbonyl (C=O) groups is 1. The molecule has 1 saturated heterocycles. The topological polar surface area (TPSA) is 99.5 Å². The predicted octanol–water partition coefficient (Wildman–Crippen LogP) is 0.540. The van der Waals surface area contributed by atoms with Gasteiger partial charge in [0.1, 0.15) is 12.2 Å². The summed E-state index contributed by atoms with van der Waals surface area (Å²) in [6.07, 6.45) is -1.53. The number of ether oxygens (including phenoxy) is 1. The highest BCUT2D eigenvalue weighted by Crippen LogP contribution is 2.23. The Morgan fingerprint density at radius 2 is 1.68 bits per heavy atom. The first-order valence-corrected chi connectivity index (χ1v) is 6.39. The Bertz CT molecular complexity index is 335. The highest BCUT2D eigenvalue weighted by molar-refractivity contribution is 5.75. The van der Waals surface area contributed by atoms with Crippen LogP contribution in [0.25, 0.3) is 0 Å². The molecule has 1 rings (SSSR count). The number of amides is 2. The molecule has 19 heavy (non-hydrogen) atoms. The third-order valence-corrected chi connectivity index (χ3v) is 2.66. The summed E-state index contributed by atoms with van der Waals surface area (Å²) in [6, 6.07) is -1.13. The lowest BCUT2D eigenvalue weighted by Crippen LogP contribution is -2.73. The van der Waals surface area contributed by atoms with Gasteiger partial charge in [-0.3, -0.25) is 0 Å². The van der Waals surface area contributed by atoms with Crippen LogP contribution in [0.2, 0.25) is 0 Å². The Balaban J connectivity index is 2.96. The first-order valence-electron chi connectivity index (χ1n) is 6.39. The van der Waals surface area contributed by atoms with Crippen LogP contribution in [0.1, 0.15) is 41.5 Å². The van der Waals surface area contributed by atoms with E-state index in [-0.39, 0.29) is 0 Å². The lowest BCUT2D eigenvalue weighted by atomic mass is 10.0. The fourth-order valence-electron chi connectivity index (χ4n) is 1.88. The third-order valence-electron chi connectivity index (χ3n) is 2.66. The molecule has 0 aromatic carbocycles. The summed E-state index contributed by atoms with van der Waals surface area (Å²) in [7, 11) is 0. The monoisotopic (exact) mass is 273 g/mol. The van der Waals surface area contributed by atoms with Gasteiger partial charge in [-0.15, -0.1) is 10.3 Å². The van der Waals surface area contributed by atoms with Crippen LogP contribution >= 0.6 is 0 Å². The largest absolute Gasteiger partial charge is 0.351 e. The lowest BCUT2D eigenvalue weighted by molar-refractivity contribution is -0.276. The van der Waals surface area contributed by atoms with Crippen LogP contribution in [0, 0.1) is 0 Å². The van der Waals surface area contributed by atoms with Crippen molar-refractivity contribution in [3.63, 3.8) is 0 Å². The number of nitrogens with two attached hydrogens (primary N) is 1. The van der Waals surface area contributed by atoms with Gasteiger partial charge in [-0.2, -0.15) is 0 Å². The Labute approximate surface area is 114 Å². The van der Waals surface area contributed by atoms with E-state index >= 15 is 0 Å². The number of carbonyl (C=O) groups excluding carboxylic acids is 1. The average molecular weight is 273 g/mol. The van der Waals surface area contributed by atoms with E-state index in [0.29, 0.717) is 0 Å². The van der Waals surface area contributed by atoms with E-state index in [2.05, 4.69) is 10.6 Å². The second-order valence-electron chi connectivity index (χ2n) is 6.78. The molecule has 1 aliphatic rings. The number of hydrogen-bond donors (Lipinski definition) is 3. The summed E-state index contributed by atoms with van der Waals surface area (Å²) in [5.74, 6) is 0. The molecular weight excluding hydrogens is 248 g/mol. The minimum Gasteiger partial charge on any atom is -0.351 e. The van der Waals surface area contributed by atoms with Crippen LogP contribution in [0.15, 0.2) is 0 Å². The van der Waals surface area contributed by atoms with Crippen molar-refractivity contribution in [2.24, 2.45) is 5.73 Å². The van der Waals surface area contributed by atoms with Gasteiger partial charge >= 0.3 is 6.03 Å². The molecule has 3 unspecified atom stereocenters. The molecule has 1 aliphatic heterocycles. The number of hydroxylamine groups is 2. The number of hydrogen-bond acceptors (Lipinski definition) is 4. The number of nitrogens with one attached hydrogen (secondary N) is 2. The Hall–Kier alpha value is -0.890. The molecule has 1 fully saturated rings. The van der Waals surface area contributed by atoms with E-state index < -0.39 is 35.6 Å². The van der Waals surface area contributed by atoms with Crippen LogP contribution in [-0.4, -0.2) is 40.7 Å². The second-order valence-corrected chi connectivity index (χ2v) is 6.78. The molecule has 0 aromatic heterocycles. The van der Waals surface area contributed by atoms with E-state index in [1.54, 1.807) is 20.8 Å². The third kappa shape index (κ3) is 4.31. The zero-order chi connectivity index (χ0) is 15.0. The molecule has 3 atom stereocenters. The fraction of sp³-hybridized carbons (Fsp3) is 0.917. The number of nitrogens with zero attached hydrogens (tertiary/aromatic N) is 1. The summed E-state index contributed by atoms with van der Waals surface area (Å²) < 4.78 is 5.75. The van der Waals surface area contributed by atoms with Crippen LogP contribution in [-0.2, 0) is 9.94 Å². The Kier molecular flexibility index (Phi) is 4.46. The standard InChI is InChI=1S/C12H25N4O3/c1-11(2,3)16(18)7-8(13)14-10(17)15-9(7)19-12(4,5)6/h7-9H,13H2,1-6H3,(H2,14,15,17). The maximum atomic E-state index is 12.4. The Morgan fingerprint density at radius 1 is 1.16 bits per heavy atom. The normalized spacial score (nSPS) is 29.1. The maximum Gasteiger partial charge on any atom is 0.318 e. The second kappa shape index (κ2) is 5.24. The molecule has 2 amide bonds. The maximum absolute atomic E-state index is 12.4. The van der Waals surface area contributed by atoms with Gasteiger partial charge in [0.2, 0.25) is 0 Å². The van der Waals surface area contributed by atoms with Gasteiger partial charge in [-0.1, -0.05) is 0 Å². The first kappa shape index (κ1) is 16.2. The van der Waals surface area contributed by atoms with Crippen LogP contribution in [0.4, 0.5) is 4.79 Å². The van der Waals surface area contributed by atoms with E-state index in [4.69, 9.17) is 10.5 Å². The van der Waals surface area contributed by atoms with E-state index in [9.17, 15) is 10.0 Å². The van der Waals surface area contributed by atoms with Crippen molar-refractivity contribution < 1.29 is 14.7 Å². The van der Waals surface area contributed by atoms with Gasteiger partial charge in [0.05, 0.1) is 5.60 Å². The fourth-order valence-corrected chi connectivity index (χ4v) is 1.88. The summed E-state index contributed by atoms with van der Waals surface area (Å²) >= 11 is 0. The molecule has 4 N–H and O–H groups in total. The van der Waals surface area contributed by atoms with Crippen LogP contribution in [0.5, 0.6) is 0 Å². The van der Waals surface area contributed by atoms with Gasteiger partial charge in [0, 0.05) is 5.54 Å². The molecule has 0 saturated carbocycles. The minimum atomic E-state index is -0.780. The lowest BCUT2D eigenvalue weighted by Gasteiger charge is -2.45. The van der Waals surface area contributed by atoms with Crippen molar-refractivity contribution in [3.8, 4) is 0 Å². The zero-order valence-electron chi connectivity index (χ0n) is 12.5. The van der Waals surface area contributed by atoms with Gasteiger partial charge in [0.15, 0.2) is 6.23 Å². The van der Waals surface area contributed by atoms with Crippen LogP contribution in [0.3, 0.4) is 0 Å². The molecule has 111 valence electrons. The average Bonchev–Trinajstić information content (AvgIpc) is 2.11. The van der Waals surface area contributed by atoms with Gasteiger partial charge in [0.25, 0.3) is 0 Å². The minimum absolute atomic E-state index is 0.430. The SMILES string of the molecule is CC(C)(C)OC1NC(=O)NC(N)C1N([O])C(C)(C)C. The summed E-state index contributed by atoms with van der Waals surface area (Å²) in [5, 5.41) is 18.4. The molecule has 0 aliphatic carbocycles. The molecule has 7 nitrogen and oxygen atoms in total. The van der Waals surface area contributed by atoms with E-state index in [0.717, 1.165) is 5.06 Å². The summed E-state index contributed by atoms with van der Waals surface area (Å²) in [4.78, 5) is 11.5. The molecule has 1 radical (unpaired) electrons. The highest BCUT2D eigenvalue weighted by Gasteiger charge is 2.45. The molecule has 7 heteroatoms. The van der Waals surface area contributed by atoms with Crippen molar-refractivity contribution in [3.05, 3.63) is 0 Å². The molecule has 1 heterocycles. The van der Waals surface area contributed by atoms with E-state index in [1.807, 2.05) is 20.8 Å². The van der Waals surface area contributed by atoms with Crippen LogP contribution < -0.4 is 16.4 Å². The van der Waals surface area contributed by atoms with Gasteiger partial charge in [-0.25, -0.2) is 4.79 Å². The van der Waals surface area contributed by atoms with Crippen molar-refractivity contribution in [2.75, 3.05) is 0 Å². The number of rotatable bonds is 2. The summed E-state index contributed by atoms with van der Waals surface area (Å²) in [6.45, 7) is 10.9. The van der Waals surface area contributed by atoms with Crippen molar-refractivity contribution in [1.82, 2.24) is 15.7 Å². The van der Waals surface area contributed by atoms with Crippen molar-refractivity contribution >= 4 is 6.03 Å². The quantitative estimate of drug-likeness (QED) is 0.639. The summed E-state index contributed by atoms with van der Waals surface area (Å²) in [5.41, 5.74) is 4.76. The first-order chi connectivity index (χ1) is 8.42. The molecule has 0 spiro atoms. The highest BCUT2D eigenvalue weighted by atomic mass is 16.5. The van der Waals surface area contributed by atoms with Crippen molar-refractivity contribution in [1.29, 1.82) is 0 Å². The molecule has 0 bridgehead atoms. The van der Waals surface area contributed by atoms with Crippen molar-refractivity contribution in [2.45, 2.75) is 71.1 Å². The Morgan fingerprint density at radius 3 is 2.11 bits per heavy atom. The molecular formula is C12H25N4O3.